The fraction of sp³-hybridized carbons (Fsp3) is 0.214. The monoisotopic (exact) mass is 290 g/mol. The molecule has 0 bridgehead atoms. The number of nitrogens with zero attached hydrogens (tertiary/aromatic N) is 3. The summed E-state index contributed by atoms with van der Waals surface area (Å²) in [5.74, 6) is 0.586. The average molecular weight is 291 g/mol. The van der Waals surface area contributed by atoms with Gasteiger partial charge in [0.15, 0.2) is 0 Å². The Labute approximate surface area is 122 Å². The lowest BCUT2D eigenvalue weighted by molar-refractivity contribution is 0.102. The van der Waals surface area contributed by atoms with Gasteiger partial charge in [0.2, 0.25) is 0 Å². The molecule has 0 unspecified atom stereocenters. The van der Waals surface area contributed by atoms with Gasteiger partial charge in [0.25, 0.3) is 5.91 Å². The molecule has 2 heterocycles. The van der Waals surface area contributed by atoms with Crippen molar-refractivity contribution in [2.24, 2.45) is 0 Å². The topological polar surface area (TPSA) is 58.1 Å². The summed E-state index contributed by atoms with van der Waals surface area (Å²) < 4.78 is 0. The van der Waals surface area contributed by atoms with Gasteiger partial charge >= 0.3 is 0 Å². The molecule has 0 aliphatic heterocycles. The minimum absolute atomic E-state index is 0.239. The van der Waals surface area contributed by atoms with Gasteiger partial charge in [-0.2, -0.15) is 0 Å². The zero-order valence-corrected chi connectivity index (χ0v) is 12.3. The highest BCUT2D eigenvalue weighted by atomic mass is 35.5. The third kappa shape index (κ3) is 3.45. The van der Waals surface area contributed by atoms with Gasteiger partial charge in [-0.05, 0) is 31.2 Å². The number of amides is 1. The summed E-state index contributed by atoms with van der Waals surface area (Å²) >= 11 is 5.84. The number of halogens is 1. The van der Waals surface area contributed by atoms with Gasteiger partial charge in [0.1, 0.15) is 11.0 Å². The number of anilines is 2. The lowest BCUT2D eigenvalue weighted by Crippen LogP contribution is -2.14. The van der Waals surface area contributed by atoms with Crippen LogP contribution in [0.25, 0.3) is 0 Å². The molecule has 0 saturated carbocycles. The molecule has 0 aliphatic rings. The van der Waals surface area contributed by atoms with Crippen LogP contribution in [0.15, 0.2) is 30.5 Å². The summed E-state index contributed by atoms with van der Waals surface area (Å²) in [6.07, 6.45) is 1.61. The molecule has 1 N–H and O–H groups in total. The van der Waals surface area contributed by atoms with E-state index in [9.17, 15) is 4.79 Å². The predicted octanol–water partition coefficient (Wildman–Crippen LogP) is 2.76. The van der Waals surface area contributed by atoms with Crippen molar-refractivity contribution in [2.75, 3.05) is 24.3 Å². The fourth-order valence-electron chi connectivity index (χ4n) is 1.69. The van der Waals surface area contributed by atoms with E-state index in [4.69, 9.17) is 11.6 Å². The molecule has 0 radical (unpaired) electrons. The Balaban J connectivity index is 2.14. The van der Waals surface area contributed by atoms with Gasteiger partial charge in [-0.25, -0.2) is 9.97 Å². The van der Waals surface area contributed by atoms with Crippen LogP contribution in [0, 0.1) is 6.92 Å². The Bertz CT molecular complexity index is 605. The minimum Gasteiger partial charge on any atom is -0.363 e. The zero-order valence-electron chi connectivity index (χ0n) is 11.5. The van der Waals surface area contributed by atoms with Crippen molar-refractivity contribution in [3.8, 4) is 0 Å². The highest BCUT2D eigenvalue weighted by molar-refractivity contribution is 6.29. The van der Waals surface area contributed by atoms with Crippen molar-refractivity contribution in [1.82, 2.24) is 9.97 Å². The highest BCUT2D eigenvalue weighted by Crippen LogP contribution is 2.15. The second-order valence-electron chi connectivity index (χ2n) is 4.57. The lowest BCUT2D eigenvalue weighted by atomic mass is 10.2. The second kappa shape index (κ2) is 5.88. The molecule has 0 aliphatic carbocycles. The van der Waals surface area contributed by atoms with Crippen molar-refractivity contribution < 1.29 is 4.79 Å². The molecule has 0 aromatic carbocycles. The molecule has 6 heteroatoms. The first-order valence-electron chi connectivity index (χ1n) is 6.04. The summed E-state index contributed by atoms with van der Waals surface area (Å²) in [7, 11) is 3.81. The van der Waals surface area contributed by atoms with E-state index in [0.29, 0.717) is 22.1 Å². The van der Waals surface area contributed by atoms with Gasteiger partial charge < -0.3 is 10.2 Å². The Kier molecular flexibility index (Phi) is 4.20. The van der Waals surface area contributed by atoms with Crippen LogP contribution in [0.5, 0.6) is 0 Å². The number of carbonyl (C=O) groups is 1. The van der Waals surface area contributed by atoms with E-state index >= 15 is 0 Å². The quantitative estimate of drug-likeness (QED) is 0.883. The summed E-state index contributed by atoms with van der Waals surface area (Å²) in [5.41, 5.74) is 1.80. The number of aromatic nitrogens is 2. The summed E-state index contributed by atoms with van der Waals surface area (Å²) in [6, 6.07) is 6.85. The summed E-state index contributed by atoms with van der Waals surface area (Å²) in [5, 5.41) is 3.07. The van der Waals surface area contributed by atoms with Crippen LogP contribution < -0.4 is 10.2 Å². The standard InChI is InChI=1S/C14H15ClN4O/c1-9-6-10(7-12(15)17-9)14(20)18-11-4-5-13(16-8-11)19(2)3/h4-8H,1-3H3,(H,18,20). The molecule has 1 amide bonds. The van der Waals surface area contributed by atoms with Crippen LogP contribution in [-0.4, -0.2) is 30.0 Å². The fourth-order valence-corrected chi connectivity index (χ4v) is 1.94. The Hall–Kier alpha value is -2.14. The van der Waals surface area contributed by atoms with E-state index in [1.807, 2.05) is 25.1 Å². The number of hydrogen-bond acceptors (Lipinski definition) is 4. The van der Waals surface area contributed by atoms with Crippen molar-refractivity contribution in [3.63, 3.8) is 0 Å². The molecule has 0 spiro atoms. The molecule has 0 atom stereocenters. The lowest BCUT2D eigenvalue weighted by Gasteiger charge is -2.11. The van der Waals surface area contributed by atoms with E-state index in [2.05, 4.69) is 15.3 Å². The maximum atomic E-state index is 12.1. The molecular weight excluding hydrogens is 276 g/mol. The van der Waals surface area contributed by atoms with Gasteiger partial charge in [-0.3, -0.25) is 4.79 Å². The van der Waals surface area contributed by atoms with Crippen LogP contribution >= 0.6 is 11.6 Å². The third-order valence-electron chi connectivity index (χ3n) is 2.65. The first kappa shape index (κ1) is 14.3. The van der Waals surface area contributed by atoms with Gasteiger partial charge in [0, 0.05) is 25.4 Å². The molecule has 2 aromatic rings. The van der Waals surface area contributed by atoms with Crippen LogP contribution in [0.3, 0.4) is 0 Å². The normalized spacial score (nSPS) is 10.2. The number of rotatable bonds is 3. The van der Waals surface area contributed by atoms with Gasteiger partial charge in [0.05, 0.1) is 11.9 Å². The van der Waals surface area contributed by atoms with Crippen molar-refractivity contribution >= 4 is 29.0 Å². The van der Waals surface area contributed by atoms with Crippen LogP contribution in [0.4, 0.5) is 11.5 Å². The molecule has 20 heavy (non-hydrogen) atoms. The second-order valence-corrected chi connectivity index (χ2v) is 4.96. The van der Waals surface area contributed by atoms with Crippen molar-refractivity contribution in [3.05, 3.63) is 46.9 Å². The van der Waals surface area contributed by atoms with E-state index in [0.717, 1.165) is 5.82 Å². The van der Waals surface area contributed by atoms with Gasteiger partial charge in [-0.1, -0.05) is 11.6 Å². The molecule has 2 rings (SSSR count). The largest absolute Gasteiger partial charge is 0.363 e. The molecule has 0 fully saturated rings. The number of nitrogens with one attached hydrogen (secondary N) is 1. The number of pyridine rings is 2. The minimum atomic E-state index is -0.239. The Morgan fingerprint density at radius 1 is 1.30 bits per heavy atom. The zero-order chi connectivity index (χ0) is 14.7. The summed E-state index contributed by atoms with van der Waals surface area (Å²) in [6.45, 7) is 1.79. The van der Waals surface area contributed by atoms with Crippen molar-refractivity contribution in [1.29, 1.82) is 0 Å². The molecule has 2 aromatic heterocycles. The van der Waals surface area contributed by atoms with E-state index in [1.54, 1.807) is 25.3 Å². The van der Waals surface area contributed by atoms with Gasteiger partial charge in [-0.15, -0.1) is 0 Å². The maximum Gasteiger partial charge on any atom is 0.255 e. The van der Waals surface area contributed by atoms with Crippen LogP contribution in [-0.2, 0) is 0 Å². The maximum absolute atomic E-state index is 12.1. The van der Waals surface area contributed by atoms with E-state index < -0.39 is 0 Å². The molecule has 5 nitrogen and oxygen atoms in total. The van der Waals surface area contributed by atoms with Crippen molar-refractivity contribution in [2.45, 2.75) is 6.92 Å². The Morgan fingerprint density at radius 2 is 2.05 bits per heavy atom. The van der Waals surface area contributed by atoms with Crippen LogP contribution in [0.2, 0.25) is 5.15 Å². The van der Waals surface area contributed by atoms with E-state index in [-0.39, 0.29) is 5.91 Å². The average Bonchev–Trinajstić information content (AvgIpc) is 2.38. The Morgan fingerprint density at radius 3 is 2.60 bits per heavy atom. The smallest absolute Gasteiger partial charge is 0.255 e. The predicted molar refractivity (Wildman–Crippen MR) is 80.5 cm³/mol. The summed E-state index contributed by atoms with van der Waals surface area (Å²) in [4.78, 5) is 22.2. The third-order valence-corrected chi connectivity index (χ3v) is 2.84. The number of hydrogen-bond donors (Lipinski definition) is 1. The SMILES string of the molecule is Cc1cc(C(=O)Nc2ccc(N(C)C)nc2)cc(Cl)n1. The first-order chi connectivity index (χ1) is 9.45. The number of carbonyl (C=O) groups excluding carboxylic acids is 1. The molecule has 104 valence electrons. The van der Waals surface area contributed by atoms with E-state index in [1.165, 1.54) is 6.07 Å². The molecule has 0 saturated heterocycles. The number of aryl methyl sites for hydroxylation is 1. The molecular formula is C14H15ClN4O. The first-order valence-corrected chi connectivity index (χ1v) is 6.42. The van der Waals surface area contributed by atoms with Crippen LogP contribution in [0.1, 0.15) is 16.1 Å². The highest BCUT2D eigenvalue weighted by Gasteiger charge is 2.09.